The number of hydrogen-bond acceptors (Lipinski definition) is 4. The minimum absolute atomic E-state index is 0.0148. The number of anilines is 1. The number of nitrogens with one attached hydrogen (secondary N) is 1. The van der Waals surface area contributed by atoms with Gasteiger partial charge in [0, 0.05) is 29.8 Å². The maximum atomic E-state index is 12.0. The lowest BCUT2D eigenvalue weighted by molar-refractivity contribution is 0.602. The van der Waals surface area contributed by atoms with Gasteiger partial charge in [-0.05, 0) is 42.2 Å². The Kier molecular flexibility index (Phi) is 5.53. The zero-order valence-corrected chi connectivity index (χ0v) is 17.2. The smallest absolute Gasteiger partial charge is 0.250 e. The van der Waals surface area contributed by atoms with Gasteiger partial charge in [0.05, 0.1) is 5.75 Å². The summed E-state index contributed by atoms with van der Waals surface area (Å²) in [5.74, 6) is 0.0148. The predicted octanol–water partition coefficient (Wildman–Crippen LogP) is 4.10. The van der Waals surface area contributed by atoms with Crippen LogP contribution in [0.3, 0.4) is 0 Å². The highest BCUT2D eigenvalue weighted by Crippen LogP contribution is 2.43. The van der Waals surface area contributed by atoms with Crippen LogP contribution in [0.5, 0.6) is 0 Å². The molecule has 0 unspecified atom stereocenters. The molecule has 0 aliphatic heterocycles. The number of benzene rings is 1. The Balaban J connectivity index is 2.22. The fourth-order valence-electron chi connectivity index (χ4n) is 2.88. The zero-order valence-electron chi connectivity index (χ0n) is 15.5. The number of pyridine rings is 1. The van der Waals surface area contributed by atoms with Gasteiger partial charge in [-0.2, -0.15) is 0 Å². The minimum atomic E-state index is -3.37. The topological polar surface area (TPSA) is 68.2 Å². The van der Waals surface area contributed by atoms with Crippen molar-refractivity contribution in [2.24, 2.45) is 7.05 Å². The Morgan fingerprint density at radius 3 is 2.48 bits per heavy atom. The monoisotopic (exact) mass is 402 g/mol. The third-order valence-corrected chi connectivity index (χ3v) is 6.91. The Morgan fingerprint density at radius 1 is 1.07 bits per heavy atom. The average molecular weight is 403 g/mol. The molecule has 0 spiro atoms. The van der Waals surface area contributed by atoms with E-state index in [0.29, 0.717) is 5.00 Å². The quantitative estimate of drug-likeness (QED) is 0.675. The second kappa shape index (κ2) is 7.70. The molecule has 0 bridgehead atoms. The molecular weight excluding hydrogens is 380 g/mol. The van der Waals surface area contributed by atoms with E-state index in [1.54, 1.807) is 26.2 Å². The molecule has 2 heterocycles. The number of sulfonamides is 1. The molecule has 142 valence electrons. The highest BCUT2D eigenvalue weighted by molar-refractivity contribution is 7.92. The molecule has 0 radical (unpaired) electrons. The SMILES string of the molecule is CCc1ccccc1-c1sc(NS(=O)(=O)CC)cc1-c1ccc(=O)n(C)c1. The first-order chi connectivity index (χ1) is 12.8. The van der Waals surface area contributed by atoms with Crippen LogP contribution in [-0.2, 0) is 23.5 Å². The fourth-order valence-corrected chi connectivity index (χ4v) is 4.93. The van der Waals surface area contributed by atoms with Crippen LogP contribution < -0.4 is 10.3 Å². The molecule has 3 aromatic rings. The van der Waals surface area contributed by atoms with E-state index in [-0.39, 0.29) is 11.3 Å². The van der Waals surface area contributed by atoms with Gasteiger partial charge >= 0.3 is 0 Å². The van der Waals surface area contributed by atoms with Crippen molar-refractivity contribution in [3.05, 3.63) is 64.6 Å². The van der Waals surface area contributed by atoms with Gasteiger partial charge in [0.15, 0.2) is 0 Å². The van der Waals surface area contributed by atoms with Crippen LogP contribution in [0.2, 0.25) is 0 Å². The molecule has 27 heavy (non-hydrogen) atoms. The molecule has 0 atom stereocenters. The lowest BCUT2D eigenvalue weighted by Gasteiger charge is -2.09. The van der Waals surface area contributed by atoms with E-state index >= 15 is 0 Å². The van der Waals surface area contributed by atoms with E-state index in [0.717, 1.165) is 28.0 Å². The fraction of sp³-hybridized carbons (Fsp3) is 0.250. The second-order valence-electron chi connectivity index (χ2n) is 6.24. The summed E-state index contributed by atoms with van der Waals surface area (Å²) in [4.78, 5) is 12.7. The Hall–Kier alpha value is -2.38. The summed E-state index contributed by atoms with van der Waals surface area (Å²) in [6, 6.07) is 13.3. The van der Waals surface area contributed by atoms with Crippen molar-refractivity contribution in [2.45, 2.75) is 20.3 Å². The second-order valence-corrected chi connectivity index (χ2v) is 9.30. The first-order valence-corrected chi connectivity index (χ1v) is 11.2. The van der Waals surface area contributed by atoms with Crippen molar-refractivity contribution in [1.29, 1.82) is 0 Å². The molecule has 1 N–H and O–H groups in total. The molecule has 0 fully saturated rings. The molecule has 1 aromatic carbocycles. The lowest BCUT2D eigenvalue weighted by Crippen LogP contribution is -2.14. The van der Waals surface area contributed by atoms with Gasteiger partial charge in [-0.15, -0.1) is 11.3 Å². The summed E-state index contributed by atoms with van der Waals surface area (Å²) in [6.45, 7) is 3.70. The van der Waals surface area contributed by atoms with Crippen LogP contribution in [0, 0.1) is 0 Å². The average Bonchev–Trinajstić information content (AvgIpc) is 3.06. The molecule has 0 amide bonds. The number of rotatable bonds is 6. The van der Waals surface area contributed by atoms with E-state index in [1.807, 2.05) is 24.3 Å². The molecule has 5 nitrogen and oxygen atoms in total. The zero-order chi connectivity index (χ0) is 19.6. The number of aryl methyl sites for hydroxylation is 2. The number of aromatic nitrogens is 1. The van der Waals surface area contributed by atoms with Gasteiger partial charge in [0.25, 0.3) is 0 Å². The van der Waals surface area contributed by atoms with Crippen molar-refractivity contribution in [3.63, 3.8) is 0 Å². The highest BCUT2D eigenvalue weighted by atomic mass is 32.2. The molecule has 3 rings (SSSR count). The minimum Gasteiger partial charge on any atom is -0.318 e. The van der Waals surface area contributed by atoms with Crippen molar-refractivity contribution >= 4 is 26.4 Å². The van der Waals surface area contributed by atoms with Gasteiger partial charge < -0.3 is 4.57 Å². The lowest BCUT2D eigenvalue weighted by atomic mass is 9.99. The van der Waals surface area contributed by atoms with E-state index in [9.17, 15) is 13.2 Å². The van der Waals surface area contributed by atoms with Crippen LogP contribution in [0.25, 0.3) is 21.6 Å². The Labute approximate surface area is 163 Å². The molecule has 7 heteroatoms. The van der Waals surface area contributed by atoms with Crippen molar-refractivity contribution in [3.8, 4) is 21.6 Å². The third-order valence-electron chi connectivity index (χ3n) is 4.41. The number of nitrogens with zero attached hydrogens (tertiary/aromatic N) is 1. The van der Waals surface area contributed by atoms with Crippen LogP contribution in [0.1, 0.15) is 19.4 Å². The molecule has 0 aliphatic carbocycles. The summed E-state index contributed by atoms with van der Waals surface area (Å²) >= 11 is 1.41. The van der Waals surface area contributed by atoms with Gasteiger partial charge in [0.1, 0.15) is 5.00 Å². The molecule has 0 saturated carbocycles. The summed E-state index contributed by atoms with van der Waals surface area (Å²) in [6.07, 6.45) is 2.65. The number of thiophene rings is 1. The number of hydrogen-bond donors (Lipinski definition) is 1. The van der Waals surface area contributed by atoms with Crippen molar-refractivity contribution < 1.29 is 8.42 Å². The molecule has 0 aliphatic rings. The van der Waals surface area contributed by atoms with Crippen molar-refractivity contribution in [2.75, 3.05) is 10.5 Å². The molecule has 2 aromatic heterocycles. The molecule has 0 saturated heterocycles. The van der Waals surface area contributed by atoms with E-state index in [1.165, 1.54) is 27.5 Å². The standard InChI is InChI=1S/C20H22N2O3S2/c1-4-14-8-6-7-9-16(14)20-17(15-10-11-19(23)22(3)13-15)12-18(26-20)21-27(24,25)5-2/h6-13,21H,4-5H2,1-3H3. The summed E-state index contributed by atoms with van der Waals surface area (Å²) < 4.78 is 28.2. The van der Waals surface area contributed by atoms with Gasteiger partial charge in [-0.3, -0.25) is 9.52 Å². The predicted molar refractivity (Wildman–Crippen MR) is 113 cm³/mol. The van der Waals surface area contributed by atoms with Gasteiger partial charge in [-0.25, -0.2) is 8.42 Å². The molecular formula is C20H22N2O3S2. The first-order valence-electron chi connectivity index (χ1n) is 8.74. The van der Waals surface area contributed by atoms with Gasteiger partial charge in [0.2, 0.25) is 15.6 Å². The van der Waals surface area contributed by atoms with Crippen LogP contribution in [0.15, 0.2) is 53.5 Å². The van der Waals surface area contributed by atoms with Crippen molar-refractivity contribution in [1.82, 2.24) is 4.57 Å². The van der Waals surface area contributed by atoms with E-state index < -0.39 is 10.0 Å². The summed E-state index contributed by atoms with van der Waals surface area (Å²) in [5.41, 5.74) is 3.96. The third kappa shape index (κ3) is 4.14. The highest BCUT2D eigenvalue weighted by Gasteiger charge is 2.18. The Bertz CT molecular complexity index is 1130. The Morgan fingerprint density at radius 2 is 1.81 bits per heavy atom. The maximum absolute atomic E-state index is 12.0. The summed E-state index contributed by atoms with van der Waals surface area (Å²) in [7, 11) is -1.66. The van der Waals surface area contributed by atoms with Crippen LogP contribution in [-0.4, -0.2) is 18.7 Å². The maximum Gasteiger partial charge on any atom is 0.250 e. The van der Waals surface area contributed by atoms with E-state index in [4.69, 9.17) is 0 Å². The first kappa shape index (κ1) is 19.4. The van der Waals surface area contributed by atoms with Gasteiger partial charge in [-0.1, -0.05) is 31.2 Å². The summed E-state index contributed by atoms with van der Waals surface area (Å²) in [5, 5.41) is 0.571. The largest absolute Gasteiger partial charge is 0.318 e. The van der Waals surface area contributed by atoms with E-state index in [2.05, 4.69) is 17.7 Å². The van der Waals surface area contributed by atoms with Crippen LogP contribution in [0.4, 0.5) is 5.00 Å². The normalized spacial score (nSPS) is 11.5. The van der Waals surface area contributed by atoms with Crippen LogP contribution >= 0.6 is 11.3 Å².